The molecule has 2 fully saturated rings. The molecule has 0 unspecified atom stereocenters. The van der Waals surface area contributed by atoms with Crippen LogP contribution in [0.3, 0.4) is 0 Å². The molecule has 0 radical (unpaired) electrons. The maximum absolute atomic E-state index is 12.2. The maximum Gasteiger partial charge on any atom is 0.222 e. The normalized spacial score (nSPS) is 26.2. The van der Waals surface area contributed by atoms with Crippen LogP contribution in [0.2, 0.25) is 0 Å². The van der Waals surface area contributed by atoms with Gasteiger partial charge in [0.25, 0.3) is 0 Å². The summed E-state index contributed by atoms with van der Waals surface area (Å²) in [5.74, 6) is 0.0902. The summed E-state index contributed by atoms with van der Waals surface area (Å²) < 4.78 is 7.49. The Morgan fingerprint density at radius 1 is 1.36 bits per heavy atom. The molecule has 3 heterocycles. The number of aryl methyl sites for hydroxylation is 2. The van der Waals surface area contributed by atoms with Crippen LogP contribution in [0.5, 0.6) is 0 Å². The molecule has 0 bridgehead atoms. The van der Waals surface area contributed by atoms with Crippen molar-refractivity contribution in [1.82, 2.24) is 20.0 Å². The number of hydrogen-bond donors (Lipinski definition) is 1. The van der Waals surface area contributed by atoms with E-state index in [-0.39, 0.29) is 11.9 Å². The largest absolute Gasteiger partial charge is 0.378 e. The Morgan fingerprint density at radius 2 is 2.18 bits per heavy atom. The quantitative estimate of drug-likeness (QED) is 0.880. The van der Waals surface area contributed by atoms with Gasteiger partial charge in [0.05, 0.1) is 25.3 Å². The first kappa shape index (κ1) is 15.5. The molecule has 6 nitrogen and oxygen atoms in total. The van der Waals surface area contributed by atoms with Gasteiger partial charge in [-0.3, -0.25) is 14.4 Å². The molecule has 2 saturated heterocycles. The van der Waals surface area contributed by atoms with Crippen molar-refractivity contribution in [2.45, 2.75) is 51.2 Å². The molecule has 2 aliphatic rings. The Labute approximate surface area is 131 Å². The lowest BCUT2D eigenvalue weighted by atomic mass is 10.0. The molecular formula is C16H26N4O2. The van der Waals surface area contributed by atoms with Crippen molar-refractivity contribution < 1.29 is 9.53 Å². The standard InChI is InChI=1S/C16H26N4O2/c1-13-5-7-17-20(13)10-6-16(21)18-14-11-22-12-15(14)19-8-3-2-4-9-19/h5,7,14-15H,2-4,6,8-12H2,1H3,(H,18,21)/t14-,15-/m0/s1. The van der Waals surface area contributed by atoms with Crippen LogP contribution >= 0.6 is 0 Å². The zero-order valence-electron chi connectivity index (χ0n) is 13.3. The first-order valence-electron chi connectivity index (χ1n) is 8.33. The topological polar surface area (TPSA) is 59.4 Å². The highest BCUT2D eigenvalue weighted by atomic mass is 16.5. The molecule has 122 valence electrons. The first-order valence-corrected chi connectivity index (χ1v) is 8.33. The van der Waals surface area contributed by atoms with Gasteiger partial charge in [0.1, 0.15) is 0 Å². The van der Waals surface area contributed by atoms with Gasteiger partial charge < -0.3 is 10.1 Å². The molecule has 0 spiro atoms. The average molecular weight is 306 g/mol. The summed E-state index contributed by atoms with van der Waals surface area (Å²) in [6.07, 6.45) is 6.08. The lowest BCUT2D eigenvalue weighted by Gasteiger charge is -2.34. The summed E-state index contributed by atoms with van der Waals surface area (Å²) in [6, 6.07) is 2.43. The Morgan fingerprint density at radius 3 is 2.91 bits per heavy atom. The van der Waals surface area contributed by atoms with Crippen LogP contribution in [0, 0.1) is 6.92 Å². The third-order valence-electron chi connectivity index (χ3n) is 4.74. The van der Waals surface area contributed by atoms with Gasteiger partial charge in [-0.2, -0.15) is 5.10 Å². The number of likely N-dealkylation sites (tertiary alicyclic amines) is 1. The SMILES string of the molecule is Cc1ccnn1CCC(=O)N[C@H]1COC[C@@H]1N1CCCCC1. The van der Waals surface area contributed by atoms with Crippen molar-refractivity contribution in [2.75, 3.05) is 26.3 Å². The summed E-state index contributed by atoms with van der Waals surface area (Å²) in [5.41, 5.74) is 1.09. The fourth-order valence-electron chi connectivity index (χ4n) is 3.41. The Balaban J connectivity index is 1.48. The fourth-order valence-corrected chi connectivity index (χ4v) is 3.41. The van der Waals surface area contributed by atoms with Crippen LogP contribution in [0.25, 0.3) is 0 Å². The zero-order chi connectivity index (χ0) is 15.4. The van der Waals surface area contributed by atoms with Crippen molar-refractivity contribution in [3.8, 4) is 0 Å². The van der Waals surface area contributed by atoms with Gasteiger partial charge in [-0.25, -0.2) is 0 Å². The Hall–Kier alpha value is -1.40. The van der Waals surface area contributed by atoms with Crippen LogP contribution in [0.15, 0.2) is 12.3 Å². The lowest BCUT2D eigenvalue weighted by Crippen LogP contribution is -2.52. The highest BCUT2D eigenvalue weighted by Gasteiger charge is 2.34. The lowest BCUT2D eigenvalue weighted by molar-refractivity contribution is -0.122. The summed E-state index contributed by atoms with van der Waals surface area (Å²) in [7, 11) is 0. The van der Waals surface area contributed by atoms with Crippen LogP contribution in [-0.4, -0.2) is 59.0 Å². The number of piperidine rings is 1. The van der Waals surface area contributed by atoms with Crippen LogP contribution < -0.4 is 5.32 Å². The average Bonchev–Trinajstić information content (AvgIpc) is 3.15. The molecule has 0 saturated carbocycles. The second kappa shape index (κ2) is 7.24. The van der Waals surface area contributed by atoms with Crippen LogP contribution in [0.1, 0.15) is 31.4 Å². The van der Waals surface area contributed by atoms with Crippen molar-refractivity contribution in [3.05, 3.63) is 18.0 Å². The third-order valence-corrected chi connectivity index (χ3v) is 4.74. The van der Waals surface area contributed by atoms with Gasteiger partial charge in [0, 0.05) is 24.9 Å². The maximum atomic E-state index is 12.2. The fraction of sp³-hybridized carbons (Fsp3) is 0.750. The van der Waals surface area contributed by atoms with Gasteiger partial charge in [-0.15, -0.1) is 0 Å². The molecule has 6 heteroatoms. The van der Waals surface area contributed by atoms with Crippen LogP contribution in [-0.2, 0) is 16.1 Å². The second-order valence-corrected chi connectivity index (χ2v) is 6.32. The molecule has 1 amide bonds. The van der Waals surface area contributed by atoms with Crippen molar-refractivity contribution in [2.24, 2.45) is 0 Å². The summed E-state index contributed by atoms with van der Waals surface area (Å²) in [6.45, 7) is 6.27. The van der Waals surface area contributed by atoms with E-state index in [0.29, 0.717) is 25.6 Å². The highest BCUT2D eigenvalue weighted by molar-refractivity contribution is 5.76. The van der Waals surface area contributed by atoms with E-state index in [4.69, 9.17) is 4.74 Å². The summed E-state index contributed by atoms with van der Waals surface area (Å²) in [5, 5.41) is 7.37. The molecule has 0 aliphatic carbocycles. The van der Waals surface area contributed by atoms with Gasteiger partial charge >= 0.3 is 0 Å². The van der Waals surface area contributed by atoms with Gasteiger partial charge in [-0.05, 0) is 38.9 Å². The zero-order valence-corrected chi connectivity index (χ0v) is 13.3. The minimum absolute atomic E-state index is 0.0902. The first-order chi connectivity index (χ1) is 10.7. The number of carbonyl (C=O) groups excluding carboxylic acids is 1. The number of aromatic nitrogens is 2. The van der Waals surface area contributed by atoms with E-state index in [1.165, 1.54) is 19.3 Å². The molecule has 1 N–H and O–H groups in total. The molecule has 3 rings (SSSR count). The van der Waals surface area contributed by atoms with Crippen molar-refractivity contribution in [3.63, 3.8) is 0 Å². The highest BCUT2D eigenvalue weighted by Crippen LogP contribution is 2.19. The number of nitrogens with one attached hydrogen (secondary N) is 1. The molecular weight excluding hydrogens is 280 g/mol. The predicted molar refractivity (Wildman–Crippen MR) is 83.5 cm³/mol. The van der Waals surface area contributed by atoms with E-state index < -0.39 is 0 Å². The second-order valence-electron chi connectivity index (χ2n) is 6.32. The molecule has 1 aromatic rings. The monoisotopic (exact) mass is 306 g/mol. The number of amides is 1. The van der Waals surface area contributed by atoms with E-state index in [1.807, 2.05) is 17.7 Å². The summed E-state index contributed by atoms with van der Waals surface area (Å²) >= 11 is 0. The van der Waals surface area contributed by atoms with Crippen LogP contribution in [0.4, 0.5) is 0 Å². The number of nitrogens with zero attached hydrogens (tertiary/aromatic N) is 3. The summed E-state index contributed by atoms with van der Waals surface area (Å²) in [4.78, 5) is 14.7. The van der Waals surface area contributed by atoms with Crippen molar-refractivity contribution in [1.29, 1.82) is 0 Å². The molecule has 2 atom stereocenters. The minimum atomic E-state index is 0.0902. The Bertz CT molecular complexity index is 496. The molecule has 22 heavy (non-hydrogen) atoms. The predicted octanol–water partition coefficient (Wildman–Crippen LogP) is 0.951. The van der Waals surface area contributed by atoms with Crippen molar-refractivity contribution >= 4 is 5.91 Å². The number of carbonyl (C=O) groups is 1. The number of ether oxygens (including phenoxy) is 1. The van der Waals surface area contributed by atoms with Gasteiger partial charge in [0.15, 0.2) is 0 Å². The van der Waals surface area contributed by atoms with E-state index in [9.17, 15) is 4.79 Å². The van der Waals surface area contributed by atoms with E-state index in [2.05, 4.69) is 15.3 Å². The van der Waals surface area contributed by atoms with Gasteiger partial charge in [0.2, 0.25) is 5.91 Å². The molecule has 1 aromatic heterocycles. The van der Waals surface area contributed by atoms with E-state index in [1.54, 1.807) is 6.20 Å². The Kier molecular flexibility index (Phi) is 5.10. The van der Waals surface area contributed by atoms with E-state index >= 15 is 0 Å². The van der Waals surface area contributed by atoms with E-state index in [0.717, 1.165) is 25.4 Å². The molecule has 2 aliphatic heterocycles. The smallest absolute Gasteiger partial charge is 0.222 e. The van der Waals surface area contributed by atoms with Gasteiger partial charge in [-0.1, -0.05) is 6.42 Å². The number of hydrogen-bond acceptors (Lipinski definition) is 4. The third kappa shape index (κ3) is 3.67. The number of rotatable bonds is 5. The minimum Gasteiger partial charge on any atom is -0.378 e. The molecule has 0 aromatic carbocycles.